The van der Waals surface area contributed by atoms with Gasteiger partial charge in [0.1, 0.15) is 22.8 Å². The molecule has 6 N–H and O–H groups in total. The molecule has 24 heteroatoms. The van der Waals surface area contributed by atoms with Gasteiger partial charge < -0.3 is 34.8 Å². The van der Waals surface area contributed by atoms with E-state index < -0.39 is 95.5 Å². The number of esters is 3. The van der Waals surface area contributed by atoms with Crippen LogP contribution in [0.4, 0.5) is 4.79 Å². The standard InChI is InChI=1S/C52H85N8O15.3C4H9.Sn/c1-50(2,3)73-44(65)35-57-27-25-56(26-28-58(36-45(66)74-51(4,5)6)30-32-59(31-29-57)37-46(67)75-52(7,8)9)34-41(61)53-23-15-13-20-42(62)60(33-38-17-11-10-12-18-38)24-16-14-19-39(47(68)69)54-49(72)55-40(48(70)71)21-22-43(63)64;3*1-3-4-2;/h11-12,17-18,39-40H,13-16,19-37H2,1-9H3,(H,53,61)(H,63,64)(H,68,69)(H,70,71)(H2,54,55,72);3*1,3-4H2,2H3;/t39-,40-;;;;/m0..../s1. The monoisotopic (exact) mass is 1350 g/mol. The molecule has 0 unspecified atom stereocenters. The summed E-state index contributed by atoms with van der Waals surface area (Å²) in [4.78, 5) is 125. The zero-order valence-electron chi connectivity index (χ0n) is 55.6. The van der Waals surface area contributed by atoms with Crippen molar-refractivity contribution in [3.8, 4) is 0 Å². The Labute approximate surface area is 529 Å². The number of aliphatic carboxylic acids is 3. The number of nitrogens with one attached hydrogen (secondary N) is 3. The Hall–Kier alpha value is -5.11. The number of carboxylic acids is 3. The van der Waals surface area contributed by atoms with Crippen LogP contribution in [0, 0.1) is 0 Å². The molecule has 1 heterocycles. The summed E-state index contributed by atoms with van der Waals surface area (Å²) in [5.41, 5.74) is -1.12. The van der Waals surface area contributed by atoms with Gasteiger partial charge in [-0.2, -0.15) is 0 Å². The molecule has 1 fully saturated rings. The molecule has 1 aliphatic rings. The molecular weight excluding hydrogens is 1240 g/mol. The molecule has 2 atom stereocenters. The normalized spacial score (nSPS) is 15.4. The molecule has 4 amide bonds. The summed E-state index contributed by atoms with van der Waals surface area (Å²) < 4.78 is 22.5. The summed E-state index contributed by atoms with van der Waals surface area (Å²) >= 11 is -2.75. The van der Waals surface area contributed by atoms with Crippen molar-refractivity contribution in [3.63, 3.8) is 0 Å². The van der Waals surface area contributed by atoms with E-state index in [0.717, 1.165) is 24.8 Å². The number of rotatable bonds is 37. The number of urea groups is 1. The second-order valence-electron chi connectivity index (χ2n) is 26.6. The van der Waals surface area contributed by atoms with E-state index in [-0.39, 0.29) is 57.3 Å². The predicted molar refractivity (Wildman–Crippen MR) is 342 cm³/mol. The second kappa shape index (κ2) is 40.6. The van der Waals surface area contributed by atoms with E-state index in [1.54, 1.807) is 46.4 Å². The molecule has 1 aromatic rings. The van der Waals surface area contributed by atoms with Crippen molar-refractivity contribution < 1.29 is 72.7 Å². The summed E-state index contributed by atoms with van der Waals surface area (Å²) in [6.07, 6.45) is 8.09. The number of carbonyl (C=O) groups is 9. The van der Waals surface area contributed by atoms with Crippen LogP contribution in [0.25, 0.3) is 0 Å². The molecule has 502 valence electrons. The molecule has 88 heavy (non-hydrogen) atoms. The summed E-state index contributed by atoms with van der Waals surface area (Å²) in [5, 5.41) is 36.0. The number of nitrogens with zero attached hydrogens (tertiary/aromatic N) is 5. The number of hydrogen-bond acceptors (Lipinski definition) is 16. The molecule has 1 saturated heterocycles. The molecule has 1 aromatic carbocycles. The zero-order valence-corrected chi connectivity index (χ0v) is 58.4. The minimum atomic E-state index is -2.75. The van der Waals surface area contributed by atoms with Gasteiger partial charge >= 0.3 is 257 Å². The van der Waals surface area contributed by atoms with Crippen LogP contribution in [0.3, 0.4) is 0 Å². The van der Waals surface area contributed by atoms with Gasteiger partial charge in [0.15, 0.2) is 0 Å². The molecule has 23 nitrogen and oxygen atoms in total. The zero-order chi connectivity index (χ0) is 66.1. The van der Waals surface area contributed by atoms with E-state index in [0.29, 0.717) is 97.7 Å². The van der Waals surface area contributed by atoms with Gasteiger partial charge in [0, 0.05) is 58.8 Å². The first kappa shape index (κ1) is 79.0. The van der Waals surface area contributed by atoms with Crippen LogP contribution >= 0.6 is 0 Å². The van der Waals surface area contributed by atoms with E-state index in [2.05, 4.69) is 61.0 Å². The molecule has 0 bridgehead atoms. The Bertz CT molecular complexity index is 2260. The second-order valence-corrected chi connectivity index (χ2v) is 39.8. The van der Waals surface area contributed by atoms with Crippen LogP contribution < -0.4 is 19.5 Å². The van der Waals surface area contributed by atoms with Crippen molar-refractivity contribution in [1.82, 2.24) is 40.4 Å². The van der Waals surface area contributed by atoms with E-state index >= 15 is 0 Å². The van der Waals surface area contributed by atoms with Crippen molar-refractivity contribution in [2.24, 2.45) is 0 Å². The predicted octanol–water partition coefficient (Wildman–Crippen LogP) is 6.85. The maximum absolute atomic E-state index is 14.2. The third-order valence-corrected chi connectivity index (χ3v) is 30.8. The summed E-state index contributed by atoms with van der Waals surface area (Å²) in [7, 11) is 0. The van der Waals surface area contributed by atoms with Gasteiger partial charge in [-0.15, -0.1) is 0 Å². The first-order chi connectivity index (χ1) is 41.2. The van der Waals surface area contributed by atoms with Gasteiger partial charge in [0.2, 0.25) is 5.91 Å². The van der Waals surface area contributed by atoms with Gasteiger partial charge in [0.05, 0.1) is 26.2 Å². The van der Waals surface area contributed by atoms with Crippen molar-refractivity contribution in [3.05, 3.63) is 29.8 Å². The maximum atomic E-state index is 14.2. The molecule has 0 spiro atoms. The minimum absolute atomic E-state index is 0.00648. The van der Waals surface area contributed by atoms with Crippen LogP contribution in [-0.4, -0.2) is 232 Å². The Morgan fingerprint density at radius 1 is 0.523 bits per heavy atom. The number of unbranched alkanes of at least 4 members (excludes halogenated alkanes) is 5. The van der Waals surface area contributed by atoms with Crippen molar-refractivity contribution in [1.29, 1.82) is 0 Å². The van der Waals surface area contributed by atoms with E-state index in [4.69, 9.17) is 19.3 Å². The van der Waals surface area contributed by atoms with Crippen molar-refractivity contribution in [2.45, 2.75) is 222 Å². The van der Waals surface area contributed by atoms with E-state index in [1.165, 1.54) is 36.2 Å². The molecular formula is C64H112N8O15Sn. The Kier molecular flexibility index (Phi) is 36.4. The first-order valence-electron chi connectivity index (χ1n) is 32.2. The number of carbonyl (C=O) groups excluding carboxylic acids is 6. The summed E-state index contributed by atoms with van der Waals surface area (Å²) in [5.74, 6) is -5.57. The number of amides is 4. The fraction of sp³-hybridized carbons (Fsp3) is 0.766. The Balaban J connectivity index is 2.31. The van der Waals surface area contributed by atoms with Crippen LogP contribution in [-0.2, 0) is 59.1 Å². The molecule has 0 aliphatic carbocycles. The van der Waals surface area contributed by atoms with Gasteiger partial charge in [-0.1, -0.05) is 0 Å². The third-order valence-electron chi connectivity index (χ3n) is 15.1. The Morgan fingerprint density at radius 3 is 1.30 bits per heavy atom. The molecule has 2 rings (SSSR count). The summed E-state index contributed by atoms with van der Waals surface area (Å²) in [6.45, 7) is 27.1. The van der Waals surface area contributed by atoms with Gasteiger partial charge in [-0.3, -0.25) is 43.6 Å². The van der Waals surface area contributed by atoms with Gasteiger partial charge in [-0.05, 0) is 68.7 Å². The number of carboxylic acid groups (broad SMARTS) is 3. The van der Waals surface area contributed by atoms with Crippen LogP contribution in [0.15, 0.2) is 24.3 Å². The fourth-order valence-corrected chi connectivity index (χ4v) is 26.5. The summed E-state index contributed by atoms with van der Waals surface area (Å²) in [6, 6.07) is 4.96. The third kappa shape index (κ3) is 35.3. The molecule has 0 radical (unpaired) electrons. The number of ether oxygens (including phenoxy) is 3. The molecule has 0 aromatic heterocycles. The SMILES string of the molecule is CCC[CH2][Sn]([CH2]CCC)([CH2]CCC)[c]1ccc(CN(CCCC[C@H](NC(=O)N[C@@H](CCC(=O)O)C(=O)O)C(=O)O)C(=O)CCCCNC(=O)CN2CCN(CC(=O)OC(C)(C)C)CCN(CC(=O)OC(C)(C)C)CCN(CC(=O)OC(C)(C)C)CC2)cc1. The van der Waals surface area contributed by atoms with Crippen LogP contribution in [0.5, 0.6) is 0 Å². The topological polar surface area (TPSA) is 294 Å². The Morgan fingerprint density at radius 2 is 0.920 bits per heavy atom. The fourth-order valence-electron chi connectivity index (χ4n) is 10.5. The average Bonchev–Trinajstić information content (AvgIpc) is 3.08. The quantitative estimate of drug-likeness (QED) is 0.0172. The van der Waals surface area contributed by atoms with Crippen LogP contribution in [0.1, 0.15) is 179 Å². The van der Waals surface area contributed by atoms with Crippen molar-refractivity contribution in [2.75, 3.05) is 91.6 Å². The first-order valence-corrected chi connectivity index (χ1v) is 39.7. The number of benzene rings is 1. The average molecular weight is 1350 g/mol. The van der Waals surface area contributed by atoms with Crippen LogP contribution in [0.2, 0.25) is 13.3 Å². The van der Waals surface area contributed by atoms with Crippen molar-refractivity contribution >= 4 is 75.6 Å². The number of hydrogen-bond donors (Lipinski definition) is 6. The van der Waals surface area contributed by atoms with E-state index in [9.17, 15) is 53.4 Å². The van der Waals surface area contributed by atoms with Gasteiger partial charge in [0.25, 0.3) is 0 Å². The van der Waals surface area contributed by atoms with E-state index in [1.807, 2.05) is 40.4 Å². The molecule has 1 aliphatic heterocycles. The molecule has 0 saturated carbocycles. The van der Waals surface area contributed by atoms with Gasteiger partial charge in [-0.25, -0.2) is 14.4 Å².